The highest BCUT2D eigenvalue weighted by atomic mass is 32.2. The van der Waals surface area contributed by atoms with E-state index >= 15 is 4.39 Å². The van der Waals surface area contributed by atoms with Gasteiger partial charge in [0, 0.05) is 42.6 Å². The first-order chi connectivity index (χ1) is 16.7. The summed E-state index contributed by atoms with van der Waals surface area (Å²) in [6.45, 7) is 2.17. The van der Waals surface area contributed by atoms with Crippen molar-refractivity contribution >= 4 is 32.5 Å². The van der Waals surface area contributed by atoms with Crippen molar-refractivity contribution in [2.45, 2.75) is 13.3 Å². The molecule has 0 aliphatic rings. The van der Waals surface area contributed by atoms with Gasteiger partial charge >= 0.3 is 0 Å². The molecule has 0 bridgehead atoms. The molecule has 0 aliphatic carbocycles. The van der Waals surface area contributed by atoms with Crippen LogP contribution in [0.3, 0.4) is 0 Å². The summed E-state index contributed by atoms with van der Waals surface area (Å²) in [7, 11) is -2.50. The number of carbonyl (C=O) groups is 1. The Morgan fingerprint density at radius 3 is 2.57 bits per heavy atom. The van der Waals surface area contributed by atoms with E-state index in [0.717, 1.165) is 28.8 Å². The van der Waals surface area contributed by atoms with Crippen LogP contribution in [0.2, 0.25) is 0 Å². The SMILES string of the molecule is COCCCS(=O)(=O)Nc1ccc(F)c(C(=O)c2c[nH]c3ncc(-c4ccc(C)cc4)cc23)c1F. The maximum atomic E-state index is 15.2. The number of aromatic nitrogens is 2. The molecule has 182 valence electrons. The highest BCUT2D eigenvalue weighted by molar-refractivity contribution is 7.92. The zero-order valence-corrected chi connectivity index (χ0v) is 19.9. The minimum absolute atomic E-state index is 0.0133. The van der Waals surface area contributed by atoms with Crippen LogP contribution in [0.5, 0.6) is 0 Å². The third-order valence-corrected chi connectivity index (χ3v) is 6.86. The highest BCUT2D eigenvalue weighted by Crippen LogP contribution is 2.29. The molecule has 0 unspecified atom stereocenters. The van der Waals surface area contributed by atoms with Gasteiger partial charge in [0.2, 0.25) is 15.8 Å². The lowest BCUT2D eigenvalue weighted by Crippen LogP contribution is -2.20. The molecular weight excluding hydrogens is 476 g/mol. The van der Waals surface area contributed by atoms with Crippen LogP contribution in [0.4, 0.5) is 14.5 Å². The third-order valence-electron chi connectivity index (χ3n) is 5.51. The van der Waals surface area contributed by atoms with Gasteiger partial charge in [-0.1, -0.05) is 29.8 Å². The number of aryl methyl sites for hydroxylation is 1. The second-order valence-electron chi connectivity index (χ2n) is 8.07. The van der Waals surface area contributed by atoms with E-state index in [0.29, 0.717) is 11.0 Å². The van der Waals surface area contributed by atoms with Crippen LogP contribution < -0.4 is 4.72 Å². The largest absolute Gasteiger partial charge is 0.385 e. The number of H-pyrrole nitrogens is 1. The Morgan fingerprint density at radius 2 is 1.86 bits per heavy atom. The van der Waals surface area contributed by atoms with Gasteiger partial charge in [0.05, 0.1) is 17.0 Å². The van der Waals surface area contributed by atoms with E-state index in [1.807, 2.05) is 31.2 Å². The van der Waals surface area contributed by atoms with Gasteiger partial charge in [0.1, 0.15) is 11.5 Å². The second kappa shape index (κ2) is 9.93. The molecule has 0 fully saturated rings. The zero-order valence-electron chi connectivity index (χ0n) is 19.1. The van der Waals surface area contributed by atoms with Crippen LogP contribution in [-0.4, -0.2) is 43.6 Å². The molecule has 4 rings (SSSR count). The van der Waals surface area contributed by atoms with Crippen molar-refractivity contribution < 1.29 is 26.7 Å². The normalized spacial score (nSPS) is 11.7. The summed E-state index contributed by atoms with van der Waals surface area (Å²) in [5.41, 5.74) is 1.70. The van der Waals surface area contributed by atoms with E-state index in [-0.39, 0.29) is 24.3 Å². The molecule has 0 amide bonds. The molecule has 0 saturated heterocycles. The van der Waals surface area contributed by atoms with Crippen LogP contribution in [-0.2, 0) is 14.8 Å². The van der Waals surface area contributed by atoms with Gasteiger partial charge < -0.3 is 9.72 Å². The lowest BCUT2D eigenvalue weighted by atomic mass is 9.99. The van der Waals surface area contributed by atoms with Gasteiger partial charge in [-0.05, 0) is 37.1 Å². The molecule has 4 aromatic rings. The van der Waals surface area contributed by atoms with E-state index in [1.54, 1.807) is 12.3 Å². The highest BCUT2D eigenvalue weighted by Gasteiger charge is 2.26. The van der Waals surface area contributed by atoms with Crippen molar-refractivity contribution in [2.24, 2.45) is 0 Å². The predicted molar refractivity (Wildman–Crippen MR) is 130 cm³/mol. The fraction of sp³-hybridized carbons (Fsp3) is 0.200. The fourth-order valence-corrected chi connectivity index (χ4v) is 4.77. The molecule has 2 aromatic carbocycles. The van der Waals surface area contributed by atoms with Crippen molar-refractivity contribution in [3.05, 3.63) is 83.2 Å². The number of pyridine rings is 1. The Bertz CT molecular complexity index is 1500. The standard InChI is InChI=1S/C25H23F2N3O4S/c1-15-4-6-16(7-5-15)17-12-18-19(14-29-25(18)28-13-17)24(31)22-20(26)8-9-21(23(22)27)30-35(32,33)11-3-10-34-2/h4-9,12-14,30H,3,10-11H2,1-2H3,(H,28,29). The average molecular weight is 500 g/mol. The second-order valence-corrected chi connectivity index (χ2v) is 9.91. The molecule has 0 spiro atoms. The molecule has 35 heavy (non-hydrogen) atoms. The number of aromatic amines is 1. The molecular formula is C25H23F2N3O4S. The number of ether oxygens (including phenoxy) is 1. The number of hydrogen-bond acceptors (Lipinski definition) is 5. The van der Waals surface area contributed by atoms with Gasteiger partial charge in [0.25, 0.3) is 0 Å². The third kappa shape index (κ3) is 5.23. The molecule has 7 nitrogen and oxygen atoms in total. The molecule has 0 aliphatic heterocycles. The van der Waals surface area contributed by atoms with Gasteiger partial charge in [-0.15, -0.1) is 0 Å². The van der Waals surface area contributed by atoms with Crippen molar-refractivity contribution in [3.63, 3.8) is 0 Å². The Kier molecular flexibility index (Phi) is 6.95. The fourth-order valence-electron chi connectivity index (χ4n) is 3.68. The van der Waals surface area contributed by atoms with E-state index in [2.05, 4.69) is 14.7 Å². The number of methoxy groups -OCH3 is 1. The number of nitrogens with one attached hydrogen (secondary N) is 2. The summed E-state index contributed by atoms with van der Waals surface area (Å²) in [6.07, 6.45) is 3.16. The summed E-state index contributed by atoms with van der Waals surface area (Å²) in [5, 5.41) is 0.387. The summed E-state index contributed by atoms with van der Waals surface area (Å²) in [5.74, 6) is -3.65. The molecule has 2 heterocycles. The van der Waals surface area contributed by atoms with Crippen molar-refractivity contribution in [3.8, 4) is 11.1 Å². The van der Waals surface area contributed by atoms with Crippen molar-refractivity contribution in [1.82, 2.24) is 9.97 Å². The molecule has 2 N–H and O–H groups in total. The molecule has 0 saturated carbocycles. The summed E-state index contributed by atoms with van der Waals surface area (Å²) >= 11 is 0. The number of fused-ring (bicyclic) bond motifs is 1. The van der Waals surface area contributed by atoms with Crippen LogP contribution in [0, 0.1) is 18.6 Å². The first-order valence-corrected chi connectivity index (χ1v) is 12.4. The number of hydrogen-bond donors (Lipinski definition) is 2. The Morgan fingerprint density at radius 1 is 1.11 bits per heavy atom. The summed E-state index contributed by atoms with van der Waals surface area (Å²) in [4.78, 5) is 20.4. The number of anilines is 1. The molecule has 0 radical (unpaired) electrons. The van der Waals surface area contributed by atoms with E-state index in [4.69, 9.17) is 4.74 Å². The lowest BCUT2D eigenvalue weighted by Gasteiger charge is -2.12. The van der Waals surface area contributed by atoms with Crippen LogP contribution >= 0.6 is 0 Å². The van der Waals surface area contributed by atoms with Gasteiger partial charge in [0.15, 0.2) is 5.82 Å². The molecule has 0 atom stereocenters. The van der Waals surface area contributed by atoms with Crippen molar-refractivity contribution in [2.75, 3.05) is 24.2 Å². The van der Waals surface area contributed by atoms with E-state index in [1.165, 1.54) is 13.3 Å². The smallest absolute Gasteiger partial charge is 0.232 e. The Hall–Kier alpha value is -3.63. The number of halogens is 2. The minimum atomic E-state index is -3.93. The first-order valence-electron chi connectivity index (χ1n) is 10.8. The number of rotatable bonds is 9. The zero-order chi connectivity index (χ0) is 25.2. The Labute approximate surface area is 201 Å². The van der Waals surface area contributed by atoms with Crippen LogP contribution in [0.15, 0.2) is 54.9 Å². The van der Waals surface area contributed by atoms with Gasteiger partial charge in [-0.3, -0.25) is 9.52 Å². The number of benzene rings is 2. The Balaban J connectivity index is 1.71. The van der Waals surface area contributed by atoms with Gasteiger partial charge in [-0.2, -0.15) is 0 Å². The topological polar surface area (TPSA) is 101 Å². The summed E-state index contributed by atoms with van der Waals surface area (Å²) in [6, 6.07) is 11.2. The maximum absolute atomic E-state index is 15.2. The number of carbonyl (C=O) groups excluding carboxylic acids is 1. The van der Waals surface area contributed by atoms with Crippen molar-refractivity contribution in [1.29, 1.82) is 0 Å². The number of nitrogens with zero attached hydrogens (tertiary/aromatic N) is 1. The van der Waals surface area contributed by atoms with Crippen LogP contribution in [0.1, 0.15) is 27.9 Å². The summed E-state index contributed by atoms with van der Waals surface area (Å²) < 4.78 is 61.3. The number of sulfonamides is 1. The van der Waals surface area contributed by atoms with E-state index in [9.17, 15) is 17.6 Å². The quantitative estimate of drug-likeness (QED) is 0.254. The molecule has 10 heteroatoms. The lowest BCUT2D eigenvalue weighted by molar-refractivity contribution is 0.103. The van der Waals surface area contributed by atoms with Gasteiger partial charge in [-0.25, -0.2) is 22.2 Å². The van der Waals surface area contributed by atoms with E-state index < -0.39 is 38.7 Å². The van der Waals surface area contributed by atoms with Crippen LogP contribution in [0.25, 0.3) is 22.2 Å². The monoisotopic (exact) mass is 499 g/mol. The minimum Gasteiger partial charge on any atom is -0.385 e. The number of ketones is 1. The first kappa shape index (κ1) is 24.5. The average Bonchev–Trinajstić information content (AvgIpc) is 3.25. The maximum Gasteiger partial charge on any atom is 0.232 e. The predicted octanol–water partition coefficient (Wildman–Crippen LogP) is 4.83. The molecule has 2 aromatic heterocycles.